The molecule has 0 atom stereocenters. The van der Waals surface area contributed by atoms with Gasteiger partial charge in [0.1, 0.15) is 12.4 Å². The summed E-state index contributed by atoms with van der Waals surface area (Å²) in [6, 6.07) is 18.6. The molecule has 2 aromatic carbocycles. The molecule has 0 spiro atoms. The molecule has 0 aliphatic heterocycles. The third kappa shape index (κ3) is 5.64. The summed E-state index contributed by atoms with van der Waals surface area (Å²) in [5.74, 6) is 3.83. The molecule has 3 aromatic rings. The van der Waals surface area contributed by atoms with Gasteiger partial charge in [-0.15, -0.1) is 6.42 Å². The molecule has 158 valence electrons. The van der Waals surface area contributed by atoms with E-state index in [9.17, 15) is 4.79 Å². The smallest absolute Gasteiger partial charge is 0.213 e. The van der Waals surface area contributed by atoms with Crippen LogP contribution in [0.15, 0.2) is 60.7 Å². The number of anilines is 1. The molecule has 31 heavy (non-hydrogen) atoms. The number of ketones is 1. The Kier molecular flexibility index (Phi) is 7.29. The number of aromatic nitrogens is 1. The number of nitrogens with zero attached hydrogens (tertiary/aromatic N) is 1. The first-order chi connectivity index (χ1) is 15.0. The molecule has 0 bridgehead atoms. The maximum absolute atomic E-state index is 13.3. The lowest BCUT2D eigenvalue weighted by Crippen LogP contribution is -2.10. The predicted octanol–water partition coefficient (Wildman–Crippen LogP) is 5.07. The number of carbonyl (C=O) groups excluding carboxylic acids is 1. The van der Waals surface area contributed by atoms with Crippen molar-refractivity contribution in [1.82, 2.24) is 4.98 Å². The van der Waals surface area contributed by atoms with Crippen molar-refractivity contribution in [3.05, 3.63) is 83.0 Å². The monoisotopic (exact) mass is 414 g/mol. The highest BCUT2D eigenvalue weighted by molar-refractivity contribution is 6.12. The number of hydrogen-bond donors (Lipinski definition) is 1. The first-order valence-electron chi connectivity index (χ1n) is 10.1. The van der Waals surface area contributed by atoms with Crippen molar-refractivity contribution in [2.75, 3.05) is 19.0 Å². The number of hydrogen-bond acceptors (Lipinski definition) is 5. The Hall–Kier alpha value is -3.78. The lowest BCUT2D eigenvalue weighted by molar-refractivity contribution is 0.103. The SMILES string of the molecule is C#CCOc1ccc(NCc2cccc(OC)n2)c(C(=O)c2ccc(C(C)C)cc2)c1. The van der Waals surface area contributed by atoms with Crippen LogP contribution in [-0.4, -0.2) is 24.5 Å². The van der Waals surface area contributed by atoms with E-state index >= 15 is 0 Å². The largest absolute Gasteiger partial charge is 0.481 e. The van der Waals surface area contributed by atoms with Crippen molar-refractivity contribution in [2.45, 2.75) is 26.3 Å². The van der Waals surface area contributed by atoms with Gasteiger partial charge >= 0.3 is 0 Å². The molecule has 0 amide bonds. The highest BCUT2D eigenvalue weighted by atomic mass is 16.5. The molecule has 3 rings (SSSR count). The molecule has 0 radical (unpaired) electrons. The fourth-order valence-corrected chi connectivity index (χ4v) is 3.11. The second-order valence-electron chi connectivity index (χ2n) is 7.33. The molecule has 1 N–H and O–H groups in total. The fourth-order valence-electron chi connectivity index (χ4n) is 3.11. The Morgan fingerprint density at radius 1 is 1.13 bits per heavy atom. The zero-order valence-electron chi connectivity index (χ0n) is 18.0. The Morgan fingerprint density at radius 2 is 1.90 bits per heavy atom. The third-order valence-corrected chi connectivity index (χ3v) is 4.85. The number of methoxy groups -OCH3 is 1. The number of ether oxygens (including phenoxy) is 2. The molecule has 0 unspecified atom stereocenters. The van der Waals surface area contributed by atoms with Crippen LogP contribution in [0.5, 0.6) is 11.6 Å². The number of benzene rings is 2. The first kappa shape index (κ1) is 21.9. The van der Waals surface area contributed by atoms with Crippen LogP contribution in [-0.2, 0) is 6.54 Å². The summed E-state index contributed by atoms with van der Waals surface area (Å²) in [5.41, 5.74) is 3.79. The van der Waals surface area contributed by atoms with E-state index in [0.29, 0.717) is 40.9 Å². The molecule has 0 saturated heterocycles. The minimum Gasteiger partial charge on any atom is -0.481 e. The van der Waals surface area contributed by atoms with Crippen LogP contribution in [0.3, 0.4) is 0 Å². The topological polar surface area (TPSA) is 60.4 Å². The van der Waals surface area contributed by atoms with Gasteiger partial charge in [-0.05, 0) is 35.7 Å². The predicted molar refractivity (Wildman–Crippen MR) is 123 cm³/mol. The van der Waals surface area contributed by atoms with E-state index in [0.717, 1.165) is 5.69 Å². The van der Waals surface area contributed by atoms with Gasteiger partial charge in [0, 0.05) is 22.9 Å². The first-order valence-corrected chi connectivity index (χ1v) is 10.1. The van der Waals surface area contributed by atoms with Crippen LogP contribution in [0.4, 0.5) is 5.69 Å². The van der Waals surface area contributed by atoms with Gasteiger partial charge in [0.05, 0.1) is 19.3 Å². The molecular weight excluding hydrogens is 388 g/mol. The Morgan fingerprint density at radius 3 is 2.58 bits per heavy atom. The molecule has 5 heteroatoms. The average Bonchev–Trinajstić information content (AvgIpc) is 2.81. The summed E-state index contributed by atoms with van der Waals surface area (Å²) in [5, 5.41) is 3.31. The molecule has 0 aliphatic rings. The van der Waals surface area contributed by atoms with Gasteiger partial charge in [0.25, 0.3) is 0 Å². The molecule has 1 heterocycles. The molecule has 0 fully saturated rings. The minimum absolute atomic E-state index is 0.0948. The van der Waals surface area contributed by atoms with Crippen LogP contribution in [0, 0.1) is 12.3 Å². The van der Waals surface area contributed by atoms with Gasteiger partial charge in [0.2, 0.25) is 5.88 Å². The maximum atomic E-state index is 13.3. The summed E-state index contributed by atoms with van der Waals surface area (Å²) in [6.07, 6.45) is 5.30. The van der Waals surface area contributed by atoms with Crippen LogP contribution < -0.4 is 14.8 Å². The maximum Gasteiger partial charge on any atom is 0.213 e. The van der Waals surface area contributed by atoms with Crippen molar-refractivity contribution in [3.8, 4) is 24.0 Å². The lowest BCUT2D eigenvalue weighted by atomic mass is 9.97. The summed E-state index contributed by atoms with van der Waals surface area (Å²) in [4.78, 5) is 17.7. The molecule has 0 saturated carbocycles. The van der Waals surface area contributed by atoms with Crippen LogP contribution in [0.2, 0.25) is 0 Å². The Bertz CT molecular complexity index is 1080. The number of nitrogens with one attached hydrogen (secondary N) is 1. The van der Waals surface area contributed by atoms with Crippen molar-refractivity contribution in [3.63, 3.8) is 0 Å². The summed E-state index contributed by atoms with van der Waals surface area (Å²) >= 11 is 0. The second kappa shape index (κ2) is 10.3. The second-order valence-corrected chi connectivity index (χ2v) is 7.33. The zero-order valence-corrected chi connectivity index (χ0v) is 18.0. The number of carbonyl (C=O) groups is 1. The van der Waals surface area contributed by atoms with Gasteiger partial charge in [0.15, 0.2) is 5.78 Å². The number of pyridine rings is 1. The van der Waals surface area contributed by atoms with E-state index in [1.54, 1.807) is 25.3 Å². The molecule has 0 aliphatic carbocycles. The summed E-state index contributed by atoms with van der Waals surface area (Å²) in [7, 11) is 1.58. The Labute approximate surface area is 183 Å². The van der Waals surface area contributed by atoms with Crippen molar-refractivity contribution in [2.24, 2.45) is 0 Å². The van der Waals surface area contributed by atoms with Gasteiger partial charge in [-0.1, -0.05) is 50.1 Å². The van der Waals surface area contributed by atoms with E-state index < -0.39 is 0 Å². The highest BCUT2D eigenvalue weighted by Gasteiger charge is 2.16. The Balaban J connectivity index is 1.89. The van der Waals surface area contributed by atoms with Crippen molar-refractivity contribution in [1.29, 1.82) is 0 Å². The van der Waals surface area contributed by atoms with E-state index in [2.05, 4.69) is 30.1 Å². The van der Waals surface area contributed by atoms with E-state index in [-0.39, 0.29) is 12.4 Å². The van der Waals surface area contributed by atoms with Crippen LogP contribution in [0.1, 0.15) is 46.9 Å². The normalized spacial score (nSPS) is 10.4. The summed E-state index contributed by atoms with van der Waals surface area (Å²) in [6.45, 7) is 4.82. The number of rotatable bonds is 9. The van der Waals surface area contributed by atoms with E-state index in [1.807, 2.05) is 42.5 Å². The van der Waals surface area contributed by atoms with Crippen LogP contribution in [0.25, 0.3) is 0 Å². The minimum atomic E-state index is -0.0948. The van der Waals surface area contributed by atoms with Gasteiger partial charge in [-0.25, -0.2) is 4.98 Å². The van der Waals surface area contributed by atoms with E-state index in [4.69, 9.17) is 15.9 Å². The van der Waals surface area contributed by atoms with Crippen molar-refractivity contribution >= 4 is 11.5 Å². The summed E-state index contributed by atoms with van der Waals surface area (Å²) < 4.78 is 10.7. The zero-order chi connectivity index (χ0) is 22.2. The van der Waals surface area contributed by atoms with Gasteiger partial charge in [-0.3, -0.25) is 4.79 Å². The van der Waals surface area contributed by atoms with Crippen molar-refractivity contribution < 1.29 is 14.3 Å². The van der Waals surface area contributed by atoms with Gasteiger partial charge < -0.3 is 14.8 Å². The van der Waals surface area contributed by atoms with E-state index in [1.165, 1.54) is 5.56 Å². The average molecular weight is 415 g/mol. The highest BCUT2D eigenvalue weighted by Crippen LogP contribution is 2.26. The standard InChI is InChI=1S/C26H26N2O3/c1-5-15-31-22-13-14-24(27-17-21-7-6-8-25(28-21)30-4)23(16-22)26(29)20-11-9-19(10-12-20)18(2)3/h1,6-14,16,18,27H,15,17H2,2-4H3. The molecule has 1 aromatic heterocycles. The third-order valence-electron chi connectivity index (χ3n) is 4.85. The van der Waals surface area contributed by atoms with Crippen LogP contribution >= 0.6 is 0 Å². The van der Waals surface area contributed by atoms with Gasteiger partial charge in [-0.2, -0.15) is 0 Å². The molecule has 5 nitrogen and oxygen atoms in total. The quantitative estimate of drug-likeness (QED) is 0.391. The number of terminal acetylenes is 1. The fraction of sp³-hybridized carbons (Fsp3) is 0.231. The lowest BCUT2D eigenvalue weighted by Gasteiger charge is -2.14. The molecular formula is C26H26N2O3.